The van der Waals surface area contributed by atoms with Crippen LogP contribution in [0.25, 0.3) is 0 Å². The van der Waals surface area contributed by atoms with Crippen molar-refractivity contribution >= 4 is 11.7 Å². The molecular formula is C24H24N2O3. The molecule has 0 radical (unpaired) electrons. The fraction of sp³-hybridized carbons (Fsp3) is 0.250. The molecule has 3 aromatic rings. The molecule has 29 heavy (non-hydrogen) atoms. The molecule has 0 saturated heterocycles. The molecule has 0 fully saturated rings. The van der Waals surface area contributed by atoms with Crippen LogP contribution >= 0.6 is 0 Å². The van der Waals surface area contributed by atoms with E-state index in [1.807, 2.05) is 43.3 Å². The Morgan fingerprint density at radius 3 is 2.86 bits per heavy atom. The number of para-hydroxylation sites is 1. The fourth-order valence-electron chi connectivity index (χ4n) is 3.92. The highest BCUT2D eigenvalue weighted by atomic mass is 16.5. The molecule has 1 heterocycles. The van der Waals surface area contributed by atoms with Crippen LogP contribution in [0.15, 0.2) is 60.7 Å². The van der Waals surface area contributed by atoms with Crippen LogP contribution in [-0.2, 0) is 6.42 Å². The van der Waals surface area contributed by atoms with E-state index in [1.54, 1.807) is 12.1 Å². The summed E-state index contributed by atoms with van der Waals surface area (Å²) in [6.07, 6.45) is 3.21. The van der Waals surface area contributed by atoms with Crippen molar-refractivity contribution in [1.82, 2.24) is 4.98 Å². The molecule has 1 aliphatic carbocycles. The van der Waals surface area contributed by atoms with Crippen LogP contribution in [0.2, 0.25) is 0 Å². The molecule has 0 aliphatic heterocycles. The van der Waals surface area contributed by atoms with Gasteiger partial charge in [-0.15, -0.1) is 0 Å². The molecule has 2 N–H and O–H groups in total. The lowest BCUT2D eigenvalue weighted by Gasteiger charge is -2.27. The number of pyridine rings is 1. The molecule has 5 heteroatoms. The first-order valence-electron chi connectivity index (χ1n) is 9.90. The van der Waals surface area contributed by atoms with Gasteiger partial charge in [0.2, 0.25) is 5.88 Å². The van der Waals surface area contributed by atoms with Gasteiger partial charge in [-0.25, -0.2) is 9.78 Å². The molecule has 2 aromatic carbocycles. The topological polar surface area (TPSA) is 71.5 Å². The largest absolute Gasteiger partial charge is 0.478 e. The Labute approximate surface area is 170 Å². The Bertz CT molecular complexity index is 1030. The summed E-state index contributed by atoms with van der Waals surface area (Å²) >= 11 is 0. The monoisotopic (exact) mass is 388 g/mol. The Balaban J connectivity index is 1.49. The Morgan fingerprint density at radius 1 is 1.17 bits per heavy atom. The minimum absolute atomic E-state index is 0.304. The molecule has 1 unspecified atom stereocenters. The van der Waals surface area contributed by atoms with Gasteiger partial charge in [0.05, 0.1) is 5.56 Å². The molecule has 1 atom stereocenters. The summed E-state index contributed by atoms with van der Waals surface area (Å²) in [6, 6.07) is 19.0. The highest BCUT2D eigenvalue weighted by Crippen LogP contribution is 2.35. The molecule has 0 saturated carbocycles. The second kappa shape index (κ2) is 8.35. The molecular weight excluding hydrogens is 364 g/mol. The number of aryl methyl sites for hydroxylation is 2. The van der Waals surface area contributed by atoms with Crippen molar-refractivity contribution in [1.29, 1.82) is 0 Å². The number of ether oxygens (including phenoxy) is 1. The Morgan fingerprint density at radius 2 is 2.03 bits per heavy atom. The van der Waals surface area contributed by atoms with Gasteiger partial charge in [0.1, 0.15) is 5.75 Å². The third-order valence-electron chi connectivity index (χ3n) is 5.33. The molecule has 1 aliphatic rings. The number of aromatic nitrogens is 1. The number of anilines is 1. The van der Waals surface area contributed by atoms with Crippen LogP contribution in [0.3, 0.4) is 0 Å². The van der Waals surface area contributed by atoms with Gasteiger partial charge < -0.3 is 15.2 Å². The van der Waals surface area contributed by atoms with Crippen LogP contribution in [0, 0.1) is 6.92 Å². The average Bonchev–Trinajstić information content (AvgIpc) is 2.72. The number of carboxylic acids is 1. The number of carboxylic acid groups (broad SMARTS) is 1. The lowest BCUT2D eigenvalue weighted by Crippen LogP contribution is -2.19. The van der Waals surface area contributed by atoms with Gasteiger partial charge in [-0.05, 0) is 67.6 Å². The Kier molecular flexibility index (Phi) is 5.47. The summed E-state index contributed by atoms with van der Waals surface area (Å²) in [6.45, 7) is 2.65. The predicted octanol–water partition coefficient (Wildman–Crippen LogP) is 5.41. The van der Waals surface area contributed by atoms with E-state index in [2.05, 4.69) is 22.4 Å². The first-order valence-corrected chi connectivity index (χ1v) is 9.90. The lowest BCUT2D eigenvalue weighted by molar-refractivity contribution is 0.0698. The highest BCUT2D eigenvalue weighted by molar-refractivity contribution is 5.94. The van der Waals surface area contributed by atoms with E-state index in [9.17, 15) is 9.90 Å². The number of nitrogens with one attached hydrogen (secondary N) is 1. The zero-order valence-electron chi connectivity index (χ0n) is 16.4. The smallest absolute Gasteiger partial charge is 0.337 e. The Hall–Kier alpha value is -3.34. The van der Waals surface area contributed by atoms with Gasteiger partial charge in [0, 0.05) is 29.9 Å². The van der Waals surface area contributed by atoms with Crippen molar-refractivity contribution in [3.63, 3.8) is 0 Å². The number of carbonyl (C=O) groups is 1. The van der Waals surface area contributed by atoms with Crippen molar-refractivity contribution in [2.45, 2.75) is 32.1 Å². The summed E-state index contributed by atoms with van der Waals surface area (Å²) < 4.78 is 5.94. The number of nitrogens with zero attached hydrogens (tertiary/aromatic N) is 1. The summed E-state index contributed by atoms with van der Waals surface area (Å²) in [5, 5.41) is 12.7. The van der Waals surface area contributed by atoms with Gasteiger partial charge in [-0.1, -0.05) is 24.3 Å². The van der Waals surface area contributed by atoms with Gasteiger partial charge in [0.25, 0.3) is 0 Å². The third kappa shape index (κ3) is 4.40. The number of aromatic carboxylic acids is 1. The maximum absolute atomic E-state index is 11.4. The van der Waals surface area contributed by atoms with Crippen molar-refractivity contribution in [2.75, 3.05) is 11.9 Å². The highest BCUT2D eigenvalue weighted by Gasteiger charge is 2.21. The summed E-state index contributed by atoms with van der Waals surface area (Å²) in [4.78, 5) is 15.8. The SMILES string of the molecule is Cc1cccc(Oc2ccc3c(c2)CCCC3CNc2ccccc2C(=O)O)n1. The van der Waals surface area contributed by atoms with E-state index in [1.165, 1.54) is 11.1 Å². The second-order valence-corrected chi connectivity index (χ2v) is 7.40. The van der Waals surface area contributed by atoms with Crippen LogP contribution in [0.4, 0.5) is 5.69 Å². The van der Waals surface area contributed by atoms with E-state index in [-0.39, 0.29) is 0 Å². The number of hydrogen-bond acceptors (Lipinski definition) is 4. The van der Waals surface area contributed by atoms with Gasteiger partial charge in [-0.3, -0.25) is 0 Å². The third-order valence-corrected chi connectivity index (χ3v) is 5.33. The molecule has 0 spiro atoms. The van der Waals surface area contributed by atoms with Gasteiger partial charge in [0.15, 0.2) is 0 Å². The second-order valence-electron chi connectivity index (χ2n) is 7.40. The maximum Gasteiger partial charge on any atom is 0.337 e. The van der Waals surface area contributed by atoms with Crippen molar-refractivity contribution in [2.24, 2.45) is 0 Å². The van der Waals surface area contributed by atoms with E-state index >= 15 is 0 Å². The molecule has 1 aromatic heterocycles. The van der Waals surface area contributed by atoms with E-state index in [0.717, 1.165) is 30.7 Å². The van der Waals surface area contributed by atoms with E-state index in [0.29, 0.717) is 29.6 Å². The summed E-state index contributed by atoms with van der Waals surface area (Å²) in [5.74, 6) is 0.825. The lowest BCUT2D eigenvalue weighted by atomic mass is 9.82. The molecule has 148 valence electrons. The first kappa shape index (κ1) is 19.0. The zero-order valence-corrected chi connectivity index (χ0v) is 16.4. The zero-order chi connectivity index (χ0) is 20.2. The van der Waals surface area contributed by atoms with Gasteiger partial charge in [-0.2, -0.15) is 0 Å². The molecule has 0 bridgehead atoms. The van der Waals surface area contributed by atoms with E-state index < -0.39 is 5.97 Å². The van der Waals surface area contributed by atoms with Crippen LogP contribution in [0.5, 0.6) is 11.6 Å². The average molecular weight is 388 g/mol. The number of hydrogen-bond donors (Lipinski definition) is 2. The number of rotatable bonds is 6. The summed E-state index contributed by atoms with van der Waals surface area (Å²) in [7, 11) is 0. The molecule has 0 amide bonds. The maximum atomic E-state index is 11.4. The van der Waals surface area contributed by atoms with E-state index in [4.69, 9.17) is 4.74 Å². The fourth-order valence-corrected chi connectivity index (χ4v) is 3.92. The minimum Gasteiger partial charge on any atom is -0.478 e. The first-order chi connectivity index (χ1) is 14.1. The number of fused-ring (bicyclic) bond motifs is 1. The standard InChI is InChI=1S/C24H24N2O3/c1-16-6-4-11-23(26-16)29-19-12-13-20-17(14-19)7-5-8-18(20)15-25-22-10-3-2-9-21(22)24(27)28/h2-4,6,9-14,18,25H,5,7-8,15H2,1H3,(H,27,28). The predicted molar refractivity (Wildman–Crippen MR) is 113 cm³/mol. The van der Waals surface area contributed by atoms with Gasteiger partial charge >= 0.3 is 5.97 Å². The van der Waals surface area contributed by atoms with Crippen LogP contribution < -0.4 is 10.1 Å². The van der Waals surface area contributed by atoms with Crippen LogP contribution in [-0.4, -0.2) is 22.6 Å². The summed E-state index contributed by atoms with van der Waals surface area (Å²) in [5.41, 5.74) is 4.49. The van der Waals surface area contributed by atoms with Crippen LogP contribution in [0.1, 0.15) is 45.9 Å². The normalized spacial score (nSPS) is 15.4. The molecule has 4 rings (SSSR count). The quantitative estimate of drug-likeness (QED) is 0.590. The number of benzene rings is 2. The van der Waals surface area contributed by atoms with Crippen molar-refractivity contribution in [3.05, 3.63) is 83.0 Å². The van der Waals surface area contributed by atoms with Crippen molar-refractivity contribution in [3.8, 4) is 11.6 Å². The van der Waals surface area contributed by atoms with Crippen molar-refractivity contribution < 1.29 is 14.6 Å². The minimum atomic E-state index is -0.913. The molecule has 5 nitrogen and oxygen atoms in total.